The van der Waals surface area contributed by atoms with Crippen LogP contribution in [0.3, 0.4) is 0 Å². The summed E-state index contributed by atoms with van der Waals surface area (Å²) in [6.45, 7) is 2.19. The lowest BCUT2D eigenvalue weighted by Crippen LogP contribution is -1.80. The van der Waals surface area contributed by atoms with Gasteiger partial charge in [0, 0.05) is 6.42 Å². The number of rotatable bonds is 4. The van der Waals surface area contributed by atoms with E-state index in [-0.39, 0.29) is 0 Å². The van der Waals surface area contributed by atoms with Gasteiger partial charge in [0.2, 0.25) is 0 Å². The Labute approximate surface area is 61.3 Å². The maximum atomic E-state index is 5.07. The van der Waals surface area contributed by atoms with Gasteiger partial charge in [-0.15, -0.1) is 0 Å². The third-order valence-electron chi connectivity index (χ3n) is 1.51. The number of oxazole rings is 1. The molecule has 1 heterocycles. The quantitative estimate of drug-likeness (QED) is 0.599. The van der Waals surface area contributed by atoms with E-state index in [9.17, 15) is 0 Å². The smallest absolute Gasteiger partial charge is 0.180 e. The Morgan fingerprint density at radius 2 is 2.40 bits per heavy atom. The Hall–Kier alpha value is -0.790. The van der Waals surface area contributed by atoms with Crippen LogP contribution < -0.4 is 0 Å². The van der Waals surface area contributed by atoms with E-state index >= 15 is 0 Å². The van der Waals surface area contributed by atoms with E-state index in [1.165, 1.54) is 25.7 Å². The highest BCUT2D eigenvalue weighted by molar-refractivity contribution is 4.87. The highest BCUT2D eigenvalue weighted by Crippen LogP contribution is 2.04. The number of hydrogen-bond acceptors (Lipinski definition) is 2. The van der Waals surface area contributed by atoms with Crippen molar-refractivity contribution in [1.29, 1.82) is 0 Å². The average molecular weight is 139 g/mol. The fourth-order valence-corrected chi connectivity index (χ4v) is 0.915. The molecule has 56 valence electrons. The number of aryl methyl sites for hydroxylation is 1. The molecule has 0 aliphatic carbocycles. The second kappa shape index (κ2) is 4.09. The second-order valence-electron chi connectivity index (χ2n) is 2.42. The molecule has 2 heteroatoms. The fraction of sp³-hybridized carbons (Fsp3) is 0.625. The molecule has 1 aromatic heterocycles. The van der Waals surface area contributed by atoms with Gasteiger partial charge in [0.25, 0.3) is 0 Å². The van der Waals surface area contributed by atoms with Gasteiger partial charge in [-0.3, -0.25) is 0 Å². The molecular weight excluding hydrogens is 126 g/mol. The number of nitrogens with zero attached hydrogens (tertiary/aromatic N) is 1. The van der Waals surface area contributed by atoms with Gasteiger partial charge in [-0.25, -0.2) is 4.98 Å². The minimum absolute atomic E-state index is 1.01. The number of aromatic nitrogens is 1. The summed E-state index contributed by atoms with van der Waals surface area (Å²) >= 11 is 0. The molecule has 0 spiro atoms. The summed E-state index contributed by atoms with van der Waals surface area (Å²) in [5, 5.41) is 0. The molecule has 0 N–H and O–H groups in total. The lowest BCUT2D eigenvalue weighted by molar-refractivity contribution is 0.492. The topological polar surface area (TPSA) is 26.0 Å². The van der Waals surface area contributed by atoms with E-state index in [4.69, 9.17) is 4.42 Å². The van der Waals surface area contributed by atoms with Gasteiger partial charge < -0.3 is 4.42 Å². The minimum Gasteiger partial charge on any atom is -0.449 e. The molecule has 0 saturated carbocycles. The molecule has 0 bridgehead atoms. The Morgan fingerprint density at radius 3 is 3.00 bits per heavy atom. The van der Waals surface area contributed by atoms with Crippen LogP contribution in [-0.4, -0.2) is 4.98 Å². The van der Waals surface area contributed by atoms with Crippen LogP contribution in [0.15, 0.2) is 17.0 Å². The van der Waals surface area contributed by atoms with Gasteiger partial charge in [-0.2, -0.15) is 0 Å². The molecule has 0 fully saturated rings. The van der Waals surface area contributed by atoms with Crippen LogP contribution in [-0.2, 0) is 6.42 Å². The van der Waals surface area contributed by atoms with Gasteiger partial charge in [0.05, 0.1) is 6.20 Å². The van der Waals surface area contributed by atoms with Gasteiger partial charge in [0.15, 0.2) is 6.39 Å². The van der Waals surface area contributed by atoms with Gasteiger partial charge in [-0.05, 0) is 6.42 Å². The third-order valence-corrected chi connectivity index (χ3v) is 1.51. The summed E-state index contributed by atoms with van der Waals surface area (Å²) in [5.41, 5.74) is 0. The lowest BCUT2D eigenvalue weighted by Gasteiger charge is -1.92. The first-order valence-electron chi connectivity index (χ1n) is 3.81. The van der Waals surface area contributed by atoms with Crippen molar-refractivity contribution in [1.82, 2.24) is 4.98 Å². The van der Waals surface area contributed by atoms with Crippen LogP contribution in [0.1, 0.15) is 31.9 Å². The number of hydrogen-bond donors (Lipinski definition) is 0. The van der Waals surface area contributed by atoms with E-state index in [1.807, 2.05) is 0 Å². The maximum Gasteiger partial charge on any atom is 0.180 e. The number of unbranched alkanes of at least 4 members (excludes halogenated alkanes) is 2. The normalized spacial score (nSPS) is 10.1. The summed E-state index contributed by atoms with van der Waals surface area (Å²) in [4.78, 5) is 3.83. The summed E-state index contributed by atoms with van der Waals surface area (Å²) in [7, 11) is 0. The molecule has 0 aromatic carbocycles. The zero-order chi connectivity index (χ0) is 7.23. The first kappa shape index (κ1) is 7.32. The van der Waals surface area contributed by atoms with E-state index in [0.29, 0.717) is 0 Å². The van der Waals surface area contributed by atoms with Crippen LogP contribution >= 0.6 is 0 Å². The van der Waals surface area contributed by atoms with Crippen LogP contribution in [0.2, 0.25) is 0 Å². The molecule has 10 heavy (non-hydrogen) atoms. The molecule has 0 radical (unpaired) electrons. The van der Waals surface area contributed by atoms with E-state index in [2.05, 4.69) is 11.9 Å². The van der Waals surface area contributed by atoms with Crippen LogP contribution in [0, 0.1) is 0 Å². The van der Waals surface area contributed by atoms with Crippen molar-refractivity contribution in [3.63, 3.8) is 0 Å². The average Bonchev–Trinajstić information content (AvgIpc) is 2.41. The summed E-state index contributed by atoms with van der Waals surface area (Å²) in [5.74, 6) is 1.01. The third kappa shape index (κ3) is 2.21. The monoisotopic (exact) mass is 139 g/mol. The Kier molecular flexibility index (Phi) is 3.00. The van der Waals surface area contributed by atoms with Crippen molar-refractivity contribution in [2.24, 2.45) is 0 Å². The van der Waals surface area contributed by atoms with Crippen molar-refractivity contribution in [3.8, 4) is 0 Å². The van der Waals surface area contributed by atoms with Gasteiger partial charge in [0.1, 0.15) is 5.76 Å². The van der Waals surface area contributed by atoms with Crippen molar-refractivity contribution in [3.05, 3.63) is 18.4 Å². The predicted octanol–water partition coefficient (Wildman–Crippen LogP) is 2.41. The van der Waals surface area contributed by atoms with E-state index in [1.54, 1.807) is 6.20 Å². The summed E-state index contributed by atoms with van der Waals surface area (Å²) < 4.78 is 5.07. The highest BCUT2D eigenvalue weighted by atomic mass is 16.3. The molecule has 0 saturated heterocycles. The standard InChI is InChI=1S/C8H13NO/c1-2-3-4-5-8-6-9-7-10-8/h6-7H,2-5H2,1H3. The van der Waals surface area contributed by atoms with Crippen LogP contribution in [0.4, 0.5) is 0 Å². The van der Waals surface area contributed by atoms with Crippen LogP contribution in [0.5, 0.6) is 0 Å². The van der Waals surface area contributed by atoms with Crippen LogP contribution in [0.25, 0.3) is 0 Å². The molecule has 0 unspecified atom stereocenters. The zero-order valence-electron chi connectivity index (χ0n) is 6.34. The molecule has 0 atom stereocenters. The van der Waals surface area contributed by atoms with Crippen molar-refractivity contribution < 1.29 is 4.42 Å². The predicted molar refractivity (Wildman–Crippen MR) is 39.7 cm³/mol. The fourth-order valence-electron chi connectivity index (χ4n) is 0.915. The zero-order valence-corrected chi connectivity index (χ0v) is 6.34. The maximum absolute atomic E-state index is 5.07. The first-order chi connectivity index (χ1) is 4.93. The van der Waals surface area contributed by atoms with Gasteiger partial charge in [-0.1, -0.05) is 19.8 Å². The molecule has 0 aliphatic heterocycles. The molecule has 0 aliphatic rings. The highest BCUT2D eigenvalue weighted by Gasteiger charge is 1.93. The SMILES string of the molecule is CCCCCc1cnco1. The lowest BCUT2D eigenvalue weighted by atomic mass is 10.2. The van der Waals surface area contributed by atoms with Gasteiger partial charge >= 0.3 is 0 Å². The summed E-state index contributed by atoms with van der Waals surface area (Å²) in [6.07, 6.45) is 8.06. The summed E-state index contributed by atoms with van der Waals surface area (Å²) in [6, 6.07) is 0. The molecular formula is C8H13NO. The second-order valence-corrected chi connectivity index (χ2v) is 2.42. The Bertz CT molecular complexity index is 158. The van der Waals surface area contributed by atoms with Crippen molar-refractivity contribution in [2.75, 3.05) is 0 Å². The minimum atomic E-state index is 1.01. The first-order valence-corrected chi connectivity index (χ1v) is 3.81. The van der Waals surface area contributed by atoms with Crippen molar-refractivity contribution in [2.45, 2.75) is 32.6 Å². The molecule has 1 aromatic rings. The van der Waals surface area contributed by atoms with E-state index in [0.717, 1.165) is 12.2 Å². The van der Waals surface area contributed by atoms with E-state index < -0.39 is 0 Å². The Balaban J connectivity index is 2.15. The Morgan fingerprint density at radius 1 is 1.50 bits per heavy atom. The molecule has 1 rings (SSSR count). The molecule has 0 amide bonds. The molecule has 2 nitrogen and oxygen atoms in total. The van der Waals surface area contributed by atoms with Crippen molar-refractivity contribution >= 4 is 0 Å². The largest absolute Gasteiger partial charge is 0.449 e.